The van der Waals surface area contributed by atoms with Gasteiger partial charge in [-0.15, -0.1) is 0 Å². The lowest BCUT2D eigenvalue weighted by molar-refractivity contribution is 0.355. The maximum absolute atomic E-state index is 12.3. The van der Waals surface area contributed by atoms with E-state index in [2.05, 4.69) is 0 Å². The first-order valence-corrected chi connectivity index (χ1v) is 7.57. The fraction of sp³-hybridized carbons (Fsp3) is 0.211. The minimum atomic E-state index is -0.113. The zero-order valence-electron chi connectivity index (χ0n) is 13.5. The van der Waals surface area contributed by atoms with Crippen molar-refractivity contribution >= 4 is 11.0 Å². The smallest absolute Gasteiger partial charge is 0.193 e. The van der Waals surface area contributed by atoms with E-state index in [1.807, 2.05) is 12.1 Å². The van der Waals surface area contributed by atoms with E-state index in [1.165, 1.54) is 20.3 Å². The van der Waals surface area contributed by atoms with E-state index in [9.17, 15) is 9.90 Å². The second kappa shape index (κ2) is 6.66. The lowest BCUT2D eigenvalue weighted by atomic mass is 10.1. The summed E-state index contributed by atoms with van der Waals surface area (Å²) in [5.74, 6) is 1.85. The standard InChI is InChI=1S/C19H18O5/c1-22-18-10-15-16(21)9-14(24-17(15)11-19(18)23-2)8-5-12-3-6-13(20)7-4-12/h3-4,6-7,9-11,20H,5,8H2,1-2H3. The first-order chi connectivity index (χ1) is 11.6. The van der Waals surface area contributed by atoms with E-state index >= 15 is 0 Å². The summed E-state index contributed by atoms with van der Waals surface area (Å²) in [5, 5.41) is 9.77. The monoisotopic (exact) mass is 326 g/mol. The molecule has 0 aliphatic heterocycles. The van der Waals surface area contributed by atoms with Crippen molar-refractivity contribution in [3.63, 3.8) is 0 Å². The van der Waals surface area contributed by atoms with Crippen molar-refractivity contribution in [3.05, 3.63) is 64.0 Å². The molecule has 0 saturated heterocycles. The number of aryl methyl sites for hydroxylation is 2. The van der Waals surface area contributed by atoms with E-state index in [4.69, 9.17) is 13.9 Å². The molecule has 2 aromatic carbocycles. The topological polar surface area (TPSA) is 68.9 Å². The summed E-state index contributed by atoms with van der Waals surface area (Å²) in [6.07, 6.45) is 1.30. The minimum absolute atomic E-state index is 0.113. The van der Waals surface area contributed by atoms with Crippen molar-refractivity contribution in [1.29, 1.82) is 0 Å². The van der Waals surface area contributed by atoms with Gasteiger partial charge in [0.25, 0.3) is 0 Å². The van der Waals surface area contributed by atoms with Gasteiger partial charge in [-0.3, -0.25) is 4.79 Å². The maximum atomic E-state index is 12.3. The Kier molecular flexibility index (Phi) is 4.42. The number of phenolic OH excluding ortho intramolecular Hbond substituents is 1. The molecule has 1 N–H and O–H groups in total. The Hall–Kier alpha value is -2.95. The SMILES string of the molecule is COc1cc2oc(CCc3ccc(O)cc3)cc(=O)c2cc1OC. The second-order valence-corrected chi connectivity index (χ2v) is 5.45. The fourth-order valence-corrected chi connectivity index (χ4v) is 2.59. The molecule has 3 rings (SSSR count). The molecular weight excluding hydrogens is 308 g/mol. The molecule has 0 aliphatic rings. The molecule has 5 heteroatoms. The van der Waals surface area contributed by atoms with Crippen LogP contribution in [0.1, 0.15) is 11.3 Å². The number of ether oxygens (including phenoxy) is 2. The highest BCUT2D eigenvalue weighted by Gasteiger charge is 2.11. The number of phenols is 1. The lowest BCUT2D eigenvalue weighted by Gasteiger charge is -2.09. The van der Waals surface area contributed by atoms with Crippen molar-refractivity contribution in [2.45, 2.75) is 12.8 Å². The van der Waals surface area contributed by atoms with Crippen LogP contribution >= 0.6 is 0 Å². The number of hydrogen-bond donors (Lipinski definition) is 1. The van der Waals surface area contributed by atoms with Gasteiger partial charge in [0, 0.05) is 18.6 Å². The van der Waals surface area contributed by atoms with Crippen molar-refractivity contribution in [1.82, 2.24) is 0 Å². The van der Waals surface area contributed by atoms with Gasteiger partial charge in [-0.2, -0.15) is 0 Å². The predicted molar refractivity (Wildman–Crippen MR) is 91.1 cm³/mol. The molecule has 0 bridgehead atoms. The summed E-state index contributed by atoms with van der Waals surface area (Å²) in [6.45, 7) is 0. The molecule has 3 aromatic rings. The van der Waals surface area contributed by atoms with Crippen LogP contribution in [-0.4, -0.2) is 19.3 Å². The van der Waals surface area contributed by atoms with Crippen LogP contribution in [0.3, 0.4) is 0 Å². The molecule has 0 aliphatic carbocycles. The van der Waals surface area contributed by atoms with Gasteiger partial charge >= 0.3 is 0 Å². The Morgan fingerprint density at radius 1 is 0.958 bits per heavy atom. The normalized spacial score (nSPS) is 10.8. The number of benzene rings is 2. The zero-order chi connectivity index (χ0) is 17.1. The van der Waals surface area contributed by atoms with E-state index < -0.39 is 0 Å². The van der Waals surface area contributed by atoms with Crippen LogP contribution in [0.5, 0.6) is 17.2 Å². The van der Waals surface area contributed by atoms with Crippen LogP contribution in [0.25, 0.3) is 11.0 Å². The third-order valence-corrected chi connectivity index (χ3v) is 3.88. The Balaban J connectivity index is 1.92. The summed E-state index contributed by atoms with van der Waals surface area (Å²) in [6, 6.07) is 11.8. The van der Waals surface area contributed by atoms with E-state index in [1.54, 1.807) is 24.3 Å². The average molecular weight is 326 g/mol. The molecule has 0 radical (unpaired) electrons. The number of methoxy groups -OCH3 is 2. The highest BCUT2D eigenvalue weighted by Crippen LogP contribution is 2.31. The predicted octanol–water partition coefficient (Wildman–Crippen LogP) is 3.30. The van der Waals surface area contributed by atoms with Crippen molar-refractivity contribution in [2.75, 3.05) is 14.2 Å². The fourth-order valence-electron chi connectivity index (χ4n) is 2.59. The number of hydrogen-bond acceptors (Lipinski definition) is 5. The first kappa shape index (κ1) is 15.9. The zero-order valence-corrected chi connectivity index (χ0v) is 13.5. The molecule has 1 heterocycles. The van der Waals surface area contributed by atoms with Crippen molar-refractivity contribution in [3.8, 4) is 17.2 Å². The van der Waals surface area contributed by atoms with Gasteiger partial charge in [0.15, 0.2) is 16.9 Å². The Morgan fingerprint density at radius 2 is 1.62 bits per heavy atom. The van der Waals surface area contributed by atoms with E-state index in [0.717, 1.165) is 5.56 Å². The number of rotatable bonds is 5. The van der Waals surface area contributed by atoms with Gasteiger partial charge < -0.3 is 19.0 Å². The molecule has 0 unspecified atom stereocenters. The van der Waals surface area contributed by atoms with Crippen LogP contribution in [0.15, 0.2) is 51.7 Å². The Bertz CT molecular complexity index is 909. The van der Waals surface area contributed by atoms with Crippen LogP contribution < -0.4 is 14.9 Å². The number of fused-ring (bicyclic) bond motifs is 1. The molecule has 0 spiro atoms. The first-order valence-electron chi connectivity index (χ1n) is 7.57. The summed E-state index contributed by atoms with van der Waals surface area (Å²) in [4.78, 5) is 12.3. The summed E-state index contributed by atoms with van der Waals surface area (Å²) >= 11 is 0. The third kappa shape index (κ3) is 3.20. The minimum Gasteiger partial charge on any atom is -0.508 e. The molecule has 124 valence electrons. The molecule has 24 heavy (non-hydrogen) atoms. The van der Waals surface area contributed by atoms with Crippen LogP contribution in [0.4, 0.5) is 0 Å². The molecule has 1 aromatic heterocycles. The second-order valence-electron chi connectivity index (χ2n) is 5.45. The van der Waals surface area contributed by atoms with Gasteiger partial charge in [-0.25, -0.2) is 0 Å². The number of aromatic hydroxyl groups is 1. The lowest BCUT2D eigenvalue weighted by Crippen LogP contribution is -2.04. The van der Waals surface area contributed by atoms with Gasteiger partial charge in [0.05, 0.1) is 19.6 Å². The van der Waals surface area contributed by atoms with Gasteiger partial charge in [-0.05, 0) is 30.2 Å². The summed E-state index contributed by atoms with van der Waals surface area (Å²) < 4.78 is 16.3. The summed E-state index contributed by atoms with van der Waals surface area (Å²) in [5.41, 5.74) is 1.42. The molecular formula is C19H18O5. The third-order valence-electron chi connectivity index (χ3n) is 3.88. The quantitative estimate of drug-likeness (QED) is 0.779. The molecule has 0 amide bonds. The largest absolute Gasteiger partial charge is 0.508 e. The molecule has 0 fully saturated rings. The van der Waals surface area contributed by atoms with Crippen LogP contribution in [0.2, 0.25) is 0 Å². The Morgan fingerprint density at radius 3 is 2.29 bits per heavy atom. The van der Waals surface area contributed by atoms with E-state index in [-0.39, 0.29) is 11.2 Å². The molecule has 0 atom stereocenters. The van der Waals surface area contributed by atoms with Crippen LogP contribution in [0, 0.1) is 0 Å². The maximum Gasteiger partial charge on any atom is 0.193 e. The Labute approximate surface area is 139 Å². The highest BCUT2D eigenvalue weighted by atomic mass is 16.5. The van der Waals surface area contributed by atoms with Crippen molar-refractivity contribution in [2.24, 2.45) is 0 Å². The van der Waals surface area contributed by atoms with Gasteiger partial charge in [0.1, 0.15) is 17.1 Å². The average Bonchev–Trinajstić information content (AvgIpc) is 2.60. The molecule has 5 nitrogen and oxygen atoms in total. The van der Waals surface area contributed by atoms with Gasteiger partial charge in [0.2, 0.25) is 0 Å². The van der Waals surface area contributed by atoms with Crippen molar-refractivity contribution < 1.29 is 19.0 Å². The van der Waals surface area contributed by atoms with Gasteiger partial charge in [-0.1, -0.05) is 12.1 Å². The van der Waals surface area contributed by atoms with Crippen LogP contribution in [-0.2, 0) is 12.8 Å². The summed E-state index contributed by atoms with van der Waals surface area (Å²) in [7, 11) is 3.06. The van der Waals surface area contributed by atoms with E-state index in [0.29, 0.717) is 41.1 Å². The molecule has 0 saturated carbocycles. The highest BCUT2D eigenvalue weighted by molar-refractivity contribution is 5.80.